The van der Waals surface area contributed by atoms with E-state index < -0.39 is 0 Å². The number of allylic oxidation sites excluding steroid dienone is 1. The standard InChI is InChI=1S/C17H28N4O/c1-14(22-4)11-15(7-8-18)17-19(2)12-16(20(17)3)13-21-9-5-6-10-21/h7-8,11-12,17H,1,5-6,9-10,13,18H2,2-4H3/b8-7-,15-11+. The second-order valence-electron chi connectivity index (χ2n) is 5.93. The van der Waals surface area contributed by atoms with Crippen molar-refractivity contribution in [2.45, 2.75) is 19.0 Å². The Labute approximate surface area is 134 Å². The Morgan fingerprint density at radius 1 is 1.41 bits per heavy atom. The van der Waals surface area contributed by atoms with Gasteiger partial charge in [-0.1, -0.05) is 6.58 Å². The molecular formula is C17H28N4O. The molecule has 0 radical (unpaired) electrons. The van der Waals surface area contributed by atoms with Gasteiger partial charge in [0, 0.05) is 32.5 Å². The van der Waals surface area contributed by atoms with Gasteiger partial charge in [0.1, 0.15) is 11.9 Å². The third-order valence-electron chi connectivity index (χ3n) is 4.32. The van der Waals surface area contributed by atoms with Crippen molar-refractivity contribution in [3.8, 4) is 0 Å². The molecule has 0 amide bonds. The second-order valence-corrected chi connectivity index (χ2v) is 5.93. The lowest BCUT2D eigenvalue weighted by atomic mass is 10.1. The van der Waals surface area contributed by atoms with Crippen molar-refractivity contribution in [3.63, 3.8) is 0 Å². The van der Waals surface area contributed by atoms with Gasteiger partial charge < -0.3 is 20.3 Å². The summed E-state index contributed by atoms with van der Waals surface area (Å²) in [7, 11) is 5.84. The van der Waals surface area contributed by atoms with Gasteiger partial charge in [-0.15, -0.1) is 0 Å². The molecule has 5 nitrogen and oxygen atoms in total. The zero-order chi connectivity index (χ0) is 16.1. The van der Waals surface area contributed by atoms with E-state index in [4.69, 9.17) is 10.5 Å². The minimum absolute atomic E-state index is 0.115. The van der Waals surface area contributed by atoms with Gasteiger partial charge >= 0.3 is 0 Å². The summed E-state index contributed by atoms with van der Waals surface area (Å²) in [6.07, 6.45) is 10.4. The van der Waals surface area contributed by atoms with Crippen LogP contribution in [-0.4, -0.2) is 61.7 Å². The van der Waals surface area contributed by atoms with Crippen molar-refractivity contribution in [1.29, 1.82) is 0 Å². The zero-order valence-corrected chi connectivity index (χ0v) is 14.0. The molecule has 2 N–H and O–H groups in total. The van der Waals surface area contributed by atoms with E-state index in [9.17, 15) is 0 Å². The SMILES string of the molecule is C=C(/C=C(\C=C/N)C1N(C)C=C(CN2CCCC2)N1C)OC. The third-order valence-corrected chi connectivity index (χ3v) is 4.32. The van der Waals surface area contributed by atoms with Crippen molar-refractivity contribution in [2.24, 2.45) is 5.73 Å². The van der Waals surface area contributed by atoms with Gasteiger partial charge in [0.25, 0.3) is 0 Å². The molecule has 0 spiro atoms. The smallest absolute Gasteiger partial charge is 0.127 e. The number of rotatable bonds is 6. The first-order chi connectivity index (χ1) is 10.6. The number of nitrogens with two attached hydrogens (primary N) is 1. The van der Waals surface area contributed by atoms with E-state index in [0.29, 0.717) is 5.76 Å². The van der Waals surface area contributed by atoms with Gasteiger partial charge in [-0.3, -0.25) is 4.90 Å². The Morgan fingerprint density at radius 2 is 2.09 bits per heavy atom. The first-order valence-electron chi connectivity index (χ1n) is 7.77. The highest BCUT2D eigenvalue weighted by molar-refractivity contribution is 5.33. The molecule has 2 rings (SSSR count). The topological polar surface area (TPSA) is 45.0 Å². The van der Waals surface area contributed by atoms with E-state index in [2.05, 4.69) is 41.6 Å². The summed E-state index contributed by atoms with van der Waals surface area (Å²) in [5, 5.41) is 0. The van der Waals surface area contributed by atoms with Crippen LogP contribution in [0.25, 0.3) is 0 Å². The van der Waals surface area contributed by atoms with Crippen molar-refractivity contribution in [3.05, 3.63) is 48.2 Å². The van der Waals surface area contributed by atoms with Crippen LogP contribution in [0.2, 0.25) is 0 Å². The fourth-order valence-corrected chi connectivity index (χ4v) is 3.17. The van der Waals surface area contributed by atoms with Crippen LogP contribution in [0.5, 0.6) is 0 Å². The summed E-state index contributed by atoms with van der Waals surface area (Å²) in [5.74, 6) is 0.628. The molecule has 0 aromatic rings. The lowest BCUT2D eigenvalue weighted by Crippen LogP contribution is -2.38. The fraction of sp³-hybridized carbons (Fsp3) is 0.529. The highest BCUT2D eigenvalue weighted by atomic mass is 16.5. The molecule has 1 fully saturated rings. The quantitative estimate of drug-likeness (QED) is 0.597. The Morgan fingerprint density at radius 3 is 2.68 bits per heavy atom. The first kappa shape index (κ1) is 16.5. The molecule has 0 aliphatic carbocycles. The average molecular weight is 304 g/mol. The Balaban J connectivity index is 2.14. The maximum atomic E-state index is 5.62. The zero-order valence-electron chi connectivity index (χ0n) is 14.0. The molecule has 1 saturated heterocycles. The molecule has 1 atom stereocenters. The van der Waals surface area contributed by atoms with Gasteiger partial charge in [0.2, 0.25) is 0 Å². The van der Waals surface area contributed by atoms with Gasteiger partial charge in [-0.25, -0.2) is 0 Å². The molecule has 2 aliphatic heterocycles. The molecule has 5 heteroatoms. The maximum Gasteiger partial charge on any atom is 0.127 e. The van der Waals surface area contributed by atoms with Crippen LogP contribution >= 0.6 is 0 Å². The summed E-state index contributed by atoms with van der Waals surface area (Å²) < 4.78 is 5.18. The Bertz CT molecular complexity index is 489. The predicted molar refractivity (Wildman–Crippen MR) is 90.6 cm³/mol. The minimum Gasteiger partial charge on any atom is -0.497 e. The number of methoxy groups -OCH3 is 1. The largest absolute Gasteiger partial charge is 0.497 e. The third kappa shape index (κ3) is 3.65. The summed E-state index contributed by atoms with van der Waals surface area (Å²) in [6, 6.07) is 0. The Hall–Kier alpha value is -1.88. The van der Waals surface area contributed by atoms with Crippen LogP contribution in [0.4, 0.5) is 0 Å². The maximum absolute atomic E-state index is 5.62. The molecule has 0 bridgehead atoms. The van der Waals surface area contributed by atoms with Crippen LogP contribution in [0.3, 0.4) is 0 Å². The minimum atomic E-state index is 0.115. The average Bonchev–Trinajstić information content (AvgIpc) is 3.08. The fourth-order valence-electron chi connectivity index (χ4n) is 3.17. The van der Waals surface area contributed by atoms with E-state index in [-0.39, 0.29) is 6.17 Å². The van der Waals surface area contributed by atoms with Crippen molar-refractivity contribution >= 4 is 0 Å². The molecule has 22 heavy (non-hydrogen) atoms. The molecule has 122 valence electrons. The Kier molecular flexibility index (Phi) is 5.55. The van der Waals surface area contributed by atoms with Crippen molar-refractivity contribution in [1.82, 2.24) is 14.7 Å². The molecule has 1 unspecified atom stereocenters. The predicted octanol–water partition coefficient (Wildman–Crippen LogP) is 1.69. The second kappa shape index (κ2) is 7.40. The highest BCUT2D eigenvalue weighted by Gasteiger charge is 2.30. The van der Waals surface area contributed by atoms with E-state index in [1.807, 2.05) is 12.2 Å². The first-order valence-corrected chi connectivity index (χ1v) is 7.77. The van der Waals surface area contributed by atoms with Crippen LogP contribution in [-0.2, 0) is 4.74 Å². The number of likely N-dealkylation sites (N-methyl/N-ethyl adjacent to an activating group) is 2. The normalized spacial score (nSPS) is 23.5. The van der Waals surface area contributed by atoms with Crippen LogP contribution < -0.4 is 5.73 Å². The van der Waals surface area contributed by atoms with Gasteiger partial charge in [0.15, 0.2) is 0 Å². The molecule has 0 saturated carbocycles. The van der Waals surface area contributed by atoms with Crippen LogP contribution in [0.15, 0.2) is 48.2 Å². The van der Waals surface area contributed by atoms with E-state index >= 15 is 0 Å². The van der Waals surface area contributed by atoms with E-state index in [0.717, 1.165) is 12.1 Å². The molecule has 2 aliphatic rings. The summed E-state index contributed by atoms with van der Waals surface area (Å²) in [5.41, 5.74) is 8.01. The van der Waals surface area contributed by atoms with Crippen LogP contribution in [0, 0.1) is 0 Å². The van der Waals surface area contributed by atoms with E-state index in [1.54, 1.807) is 13.3 Å². The monoisotopic (exact) mass is 304 g/mol. The van der Waals surface area contributed by atoms with Crippen LogP contribution in [0.1, 0.15) is 12.8 Å². The molecule has 0 aromatic carbocycles. The van der Waals surface area contributed by atoms with Crippen molar-refractivity contribution in [2.75, 3.05) is 40.8 Å². The highest BCUT2D eigenvalue weighted by Crippen LogP contribution is 2.27. The lowest BCUT2D eigenvalue weighted by Gasteiger charge is -2.31. The summed E-state index contributed by atoms with van der Waals surface area (Å²) in [6.45, 7) is 7.29. The number of nitrogens with zero attached hydrogens (tertiary/aromatic N) is 3. The molecule has 2 heterocycles. The number of ether oxygens (including phenoxy) is 1. The summed E-state index contributed by atoms with van der Waals surface area (Å²) in [4.78, 5) is 7.02. The lowest BCUT2D eigenvalue weighted by molar-refractivity contribution is 0.221. The van der Waals surface area contributed by atoms with E-state index in [1.165, 1.54) is 31.6 Å². The van der Waals surface area contributed by atoms with Gasteiger partial charge in [0.05, 0.1) is 7.11 Å². The molecule has 0 aromatic heterocycles. The molecular weight excluding hydrogens is 276 g/mol. The summed E-state index contributed by atoms with van der Waals surface area (Å²) >= 11 is 0. The number of likely N-dealkylation sites (tertiary alicyclic amines) is 1. The number of hydrogen-bond donors (Lipinski definition) is 1. The number of hydrogen-bond acceptors (Lipinski definition) is 5. The van der Waals surface area contributed by atoms with Crippen molar-refractivity contribution < 1.29 is 4.74 Å². The van der Waals surface area contributed by atoms with Gasteiger partial charge in [-0.2, -0.15) is 0 Å². The van der Waals surface area contributed by atoms with Gasteiger partial charge in [-0.05, 0) is 49.9 Å².